The molecule has 3 aromatic carbocycles. The van der Waals surface area contributed by atoms with Crippen LogP contribution in [0.1, 0.15) is 28.4 Å². The zero-order valence-electron chi connectivity index (χ0n) is 18.7. The third-order valence-corrected chi connectivity index (χ3v) is 5.62. The molecule has 0 aromatic heterocycles. The molecule has 0 unspecified atom stereocenters. The Morgan fingerprint density at radius 3 is 2.46 bits per heavy atom. The predicted molar refractivity (Wildman–Crippen MR) is 133 cm³/mol. The van der Waals surface area contributed by atoms with E-state index in [0.717, 1.165) is 0 Å². The van der Waals surface area contributed by atoms with E-state index < -0.39 is 11.9 Å². The van der Waals surface area contributed by atoms with E-state index in [1.54, 1.807) is 48.5 Å². The summed E-state index contributed by atoms with van der Waals surface area (Å²) in [4.78, 5) is 29.2. The molecular weight excluding hydrogens is 493 g/mol. The number of nitrogens with zero attached hydrogens (tertiary/aromatic N) is 1. The Hall–Kier alpha value is -3.81. The lowest BCUT2D eigenvalue weighted by Gasteiger charge is -2.10. The summed E-state index contributed by atoms with van der Waals surface area (Å²) < 4.78 is 21.5. The van der Waals surface area contributed by atoms with Crippen LogP contribution >= 0.6 is 23.2 Å². The standard InChI is InChI=1S/C26H19Cl2NO6/c1-3-33-18-8-5-16(6-9-18)24-29-21(26(31)35-24)12-15-4-11-22(23(13-15)32-2)34-25(30)17-7-10-19(27)20(28)14-17/h4-14H,3H2,1-2H3/b21-12-. The minimum atomic E-state index is -0.628. The second-order valence-corrected chi connectivity index (χ2v) is 8.04. The molecule has 0 atom stereocenters. The highest BCUT2D eigenvalue weighted by Crippen LogP contribution is 2.31. The van der Waals surface area contributed by atoms with Gasteiger partial charge in [0.1, 0.15) is 5.75 Å². The number of carbonyl (C=O) groups is 2. The lowest BCUT2D eigenvalue weighted by atomic mass is 10.1. The van der Waals surface area contributed by atoms with E-state index in [4.69, 9.17) is 42.1 Å². The summed E-state index contributed by atoms with van der Waals surface area (Å²) in [5.74, 6) is 0.181. The van der Waals surface area contributed by atoms with Crippen LogP contribution in [0.5, 0.6) is 17.2 Å². The van der Waals surface area contributed by atoms with Crippen molar-refractivity contribution in [2.45, 2.75) is 6.92 Å². The number of hydrogen-bond donors (Lipinski definition) is 0. The van der Waals surface area contributed by atoms with Crippen LogP contribution in [0, 0.1) is 0 Å². The van der Waals surface area contributed by atoms with Crippen molar-refractivity contribution in [1.82, 2.24) is 0 Å². The van der Waals surface area contributed by atoms with Gasteiger partial charge in [0.2, 0.25) is 5.90 Å². The van der Waals surface area contributed by atoms with Crippen molar-refractivity contribution in [1.29, 1.82) is 0 Å². The van der Waals surface area contributed by atoms with Gasteiger partial charge in [-0.1, -0.05) is 29.3 Å². The van der Waals surface area contributed by atoms with Crippen LogP contribution in [0.3, 0.4) is 0 Å². The highest BCUT2D eigenvalue weighted by atomic mass is 35.5. The fourth-order valence-corrected chi connectivity index (χ4v) is 3.49. The predicted octanol–water partition coefficient (Wildman–Crippen LogP) is 5.96. The second-order valence-electron chi connectivity index (χ2n) is 7.22. The van der Waals surface area contributed by atoms with Crippen LogP contribution in [0.25, 0.3) is 6.08 Å². The molecule has 0 bridgehead atoms. The summed E-state index contributed by atoms with van der Waals surface area (Å²) in [5.41, 5.74) is 1.60. The monoisotopic (exact) mass is 511 g/mol. The molecule has 9 heteroatoms. The number of rotatable bonds is 7. The summed E-state index contributed by atoms with van der Waals surface area (Å²) in [7, 11) is 1.44. The molecule has 3 aromatic rings. The maximum absolute atomic E-state index is 12.5. The van der Waals surface area contributed by atoms with E-state index in [9.17, 15) is 9.59 Å². The fourth-order valence-electron chi connectivity index (χ4n) is 3.19. The minimum Gasteiger partial charge on any atom is -0.494 e. The first kappa shape index (κ1) is 24.3. The normalized spacial score (nSPS) is 13.9. The summed E-state index contributed by atoms with van der Waals surface area (Å²) in [6, 6.07) is 16.3. The molecule has 1 aliphatic heterocycles. The summed E-state index contributed by atoms with van der Waals surface area (Å²) >= 11 is 11.9. The molecule has 0 N–H and O–H groups in total. The van der Waals surface area contributed by atoms with E-state index in [0.29, 0.717) is 28.5 Å². The van der Waals surface area contributed by atoms with Gasteiger partial charge >= 0.3 is 11.9 Å². The van der Waals surface area contributed by atoms with Gasteiger partial charge in [-0.3, -0.25) is 0 Å². The Balaban J connectivity index is 1.54. The van der Waals surface area contributed by atoms with E-state index >= 15 is 0 Å². The van der Waals surface area contributed by atoms with Crippen molar-refractivity contribution in [2.24, 2.45) is 4.99 Å². The number of methoxy groups -OCH3 is 1. The van der Waals surface area contributed by atoms with E-state index in [-0.39, 0.29) is 33.7 Å². The van der Waals surface area contributed by atoms with Gasteiger partial charge in [0.15, 0.2) is 17.2 Å². The van der Waals surface area contributed by atoms with Crippen molar-refractivity contribution in [3.8, 4) is 17.2 Å². The first-order chi connectivity index (χ1) is 16.9. The molecule has 4 rings (SSSR count). The van der Waals surface area contributed by atoms with Crippen molar-refractivity contribution < 1.29 is 28.5 Å². The van der Waals surface area contributed by atoms with Crippen molar-refractivity contribution >= 4 is 47.1 Å². The number of ether oxygens (including phenoxy) is 4. The zero-order chi connectivity index (χ0) is 24.9. The number of halogens is 2. The van der Waals surface area contributed by atoms with E-state index in [1.165, 1.54) is 25.3 Å². The Kier molecular flexibility index (Phi) is 7.39. The van der Waals surface area contributed by atoms with Crippen LogP contribution in [0.15, 0.2) is 71.4 Å². The van der Waals surface area contributed by atoms with Gasteiger partial charge in [0, 0.05) is 5.56 Å². The molecular formula is C26H19Cl2NO6. The van der Waals surface area contributed by atoms with Crippen LogP contribution in [0.4, 0.5) is 0 Å². The van der Waals surface area contributed by atoms with Crippen molar-refractivity contribution in [2.75, 3.05) is 13.7 Å². The molecule has 0 saturated carbocycles. The van der Waals surface area contributed by atoms with Gasteiger partial charge < -0.3 is 18.9 Å². The average Bonchev–Trinajstić information content (AvgIpc) is 3.22. The molecule has 35 heavy (non-hydrogen) atoms. The Bertz CT molecular complexity index is 1350. The Morgan fingerprint density at radius 1 is 1.00 bits per heavy atom. The Labute approximate surface area is 211 Å². The maximum Gasteiger partial charge on any atom is 0.363 e. The summed E-state index contributed by atoms with van der Waals surface area (Å²) in [6.07, 6.45) is 1.55. The first-order valence-corrected chi connectivity index (χ1v) is 11.2. The molecule has 0 saturated heterocycles. The summed E-state index contributed by atoms with van der Waals surface area (Å²) in [6.45, 7) is 2.45. The van der Waals surface area contributed by atoms with Gasteiger partial charge in [-0.25, -0.2) is 14.6 Å². The highest BCUT2D eigenvalue weighted by Gasteiger charge is 2.24. The smallest absolute Gasteiger partial charge is 0.363 e. The highest BCUT2D eigenvalue weighted by molar-refractivity contribution is 6.42. The van der Waals surface area contributed by atoms with Crippen LogP contribution in [-0.4, -0.2) is 31.6 Å². The molecule has 0 amide bonds. The van der Waals surface area contributed by atoms with Gasteiger partial charge in [-0.15, -0.1) is 0 Å². The van der Waals surface area contributed by atoms with Crippen molar-refractivity contribution in [3.05, 3.63) is 93.1 Å². The largest absolute Gasteiger partial charge is 0.494 e. The van der Waals surface area contributed by atoms with Crippen molar-refractivity contribution in [3.63, 3.8) is 0 Å². The van der Waals surface area contributed by atoms with Crippen LogP contribution < -0.4 is 14.2 Å². The van der Waals surface area contributed by atoms with Crippen LogP contribution in [-0.2, 0) is 9.53 Å². The lowest BCUT2D eigenvalue weighted by Crippen LogP contribution is -2.09. The lowest BCUT2D eigenvalue weighted by molar-refractivity contribution is -0.129. The van der Waals surface area contributed by atoms with Gasteiger partial charge in [0.05, 0.1) is 29.3 Å². The molecule has 7 nitrogen and oxygen atoms in total. The average molecular weight is 512 g/mol. The number of carbonyl (C=O) groups excluding carboxylic acids is 2. The van der Waals surface area contributed by atoms with E-state index in [2.05, 4.69) is 4.99 Å². The van der Waals surface area contributed by atoms with Crippen LogP contribution in [0.2, 0.25) is 10.0 Å². The minimum absolute atomic E-state index is 0.122. The summed E-state index contributed by atoms with van der Waals surface area (Å²) in [5, 5.41) is 0.570. The quantitative estimate of drug-likeness (QED) is 0.221. The molecule has 0 radical (unpaired) electrons. The molecule has 1 aliphatic rings. The zero-order valence-corrected chi connectivity index (χ0v) is 20.2. The molecule has 178 valence electrons. The van der Waals surface area contributed by atoms with Gasteiger partial charge in [0.25, 0.3) is 0 Å². The second kappa shape index (κ2) is 10.6. The first-order valence-electron chi connectivity index (χ1n) is 10.5. The third-order valence-electron chi connectivity index (χ3n) is 4.88. The SMILES string of the molecule is CCOc1ccc(C2=N/C(=C\c3ccc(OC(=O)c4ccc(Cl)c(Cl)c4)c(OC)c3)C(=O)O2)cc1. The molecule has 1 heterocycles. The topological polar surface area (TPSA) is 83.4 Å². The third kappa shape index (κ3) is 5.65. The fraction of sp³-hybridized carbons (Fsp3) is 0.115. The number of hydrogen-bond acceptors (Lipinski definition) is 7. The van der Waals surface area contributed by atoms with E-state index in [1.807, 2.05) is 6.92 Å². The number of aliphatic imine (C=N–C) groups is 1. The maximum atomic E-state index is 12.5. The Morgan fingerprint density at radius 2 is 1.77 bits per heavy atom. The number of benzene rings is 3. The number of esters is 2. The molecule has 0 aliphatic carbocycles. The number of cyclic esters (lactones) is 1. The molecule has 0 spiro atoms. The van der Waals surface area contributed by atoms with Gasteiger partial charge in [-0.05, 0) is 73.2 Å². The molecule has 0 fully saturated rings. The van der Waals surface area contributed by atoms with Gasteiger partial charge in [-0.2, -0.15) is 0 Å².